The van der Waals surface area contributed by atoms with E-state index in [0.717, 1.165) is 11.3 Å². The zero-order valence-electron chi connectivity index (χ0n) is 10.4. The molecule has 1 saturated carbocycles. The number of nitrogens with zero attached hydrogens (tertiary/aromatic N) is 4. The van der Waals surface area contributed by atoms with Gasteiger partial charge in [-0.15, -0.1) is 0 Å². The molecular formula is C11H13N5O3. The first kappa shape index (κ1) is 11.8. The Morgan fingerprint density at radius 3 is 2.63 bits per heavy atom. The molecule has 1 saturated heterocycles. The van der Waals surface area contributed by atoms with E-state index < -0.39 is 23.3 Å². The molecule has 1 aromatic rings. The average molecular weight is 263 g/mol. The van der Waals surface area contributed by atoms with Crippen LogP contribution < -0.4 is 5.32 Å². The van der Waals surface area contributed by atoms with Gasteiger partial charge >= 0.3 is 6.03 Å². The summed E-state index contributed by atoms with van der Waals surface area (Å²) in [4.78, 5) is 40.9. The van der Waals surface area contributed by atoms with Gasteiger partial charge in [-0.2, -0.15) is 5.10 Å². The number of aromatic nitrogens is 3. The van der Waals surface area contributed by atoms with Gasteiger partial charge in [-0.25, -0.2) is 9.78 Å². The third kappa shape index (κ3) is 1.63. The lowest BCUT2D eigenvalue weighted by Crippen LogP contribution is -2.65. The smallest absolute Gasteiger partial charge is 0.277 e. The van der Waals surface area contributed by atoms with Gasteiger partial charge in [0, 0.05) is 7.05 Å². The average Bonchev–Trinajstić information content (AvgIpc) is 2.68. The molecule has 0 unspecified atom stereocenters. The maximum atomic E-state index is 12.3. The summed E-state index contributed by atoms with van der Waals surface area (Å²) < 4.78 is 1.49. The number of carbonyl (C=O) groups excluding carboxylic acids is 3. The number of rotatable bonds is 2. The summed E-state index contributed by atoms with van der Waals surface area (Å²) in [5.74, 6) is -0.534. The van der Waals surface area contributed by atoms with Crippen molar-refractivity contribution in [1.29, 1.82) is 0 Å². The number of imide groups is 2. The van der Waals surface area contributed by atoms with Gasteiger partial charge in [0.25, 0.3) is 0 Å². The van der Waals surface area contributed by atoms with Crippen LogP contribution in [0.5, 0.6) is 0 Å². The summed E-state index contributed by atoms with van der Waals surface area (Å²) in [5, 5.41) is 6.28. The minimum Gasteiger partial charge on any atom is -0.277 e. The molecule has 0 atom stereocenters. The molecule has 2 aliphatic rings. The second-order valence-corrected chi connectivity index (χ2v) is 4.92. The van der Waals surface area contributed by atoms with Gasteiger partial charge in [-0.1, -0.05) is 6.42 Å². The Labute approximate surface area is 108 Å². The predicted octanol–water partition coefficient (Wildman–Crippen LogP) is -0.436. The van der Waals surface area contributed by atoms with Gasteiger partial charge in [0.1, 0.15) is 11.7 Å². The van der Waals surface area contributed by atoms with E-state index in [-0.39, 0.29) is 6.54 Å². The number of urea groups is 1. The number of amides is 4. The molecule has 2 heterocycles. The summed E-state index contributed by atoms with van der Waals surface area (Å²) in [5.41, 5.74) is -1.04. The largest absolute Gasteiger partial charge is 0.331 e. The molecule has 100 valence electrons. The third-order valence-electron chi connectivity index (χ3n) is 3.71. The van der Waals surface area contributed by atoms with Gasteiger partial charge in [-0.05, 0) is 12.8 Å². The Kier molecular flexibility index (Phi) is 2.41. The van der Waals surface area contributed by atoms with Crippen molar-refractivity contribution >= 4 is 17.8 Å². The number of aryl methyl sites for hydroxylation is 1. The number of hydrogen-bond donors (Lipinski definition) is 1. The summed E-state index contributed by atoms with van der Waals surface area (Å²) in [6.45, 7) is -0.0134. The van der Waals surface area contributed by atoms with Crippen LogP contribution in [0, 0.1) is 5.41 Å². The summed E-state index contributed by atoms with van der Waals surface area (Å²) in [7, 11) is 1.70. The Bertz CT molecular complexity index is 575. The van der Waals surface area contributed by atoms with Crippen LogP contribution in [-0.2, 0) is 23.2 Å². The Morgan fingerprint density at radius 2 is 2.11 bits per heavy atom. The highest BCUT2D eigenvalue weighted by atomic mass is 16.2. The molecule has 1 N–H and O–H groups in total. The monoisotopic (exact) mass is 263 g/mol. The van der Waals surface area contributed by atoms with Crippen LogP contribution in [0.3, 0.4) is 0 Å². The van der Waals surface area contributed by atoms with Crippen molar-refractivity contribution in [2.24, 2.45) is 12.5 Å². The van der Waals surface area contributed by atoms with E-state index in [1.807, 2.05) is 0 Å². The first-order valence-electron chi connectivity index (χ1n) is 6.05. The predicted molar refractivity (Wildman–Crippen MR) is 61.4 cm³/mol. The molecule has 2 fully saturated rings. The van der Waals surface area contributed by atoms with Gasteiger partial charge in [-0.3, -0.25) is 24.5 Å². The van der Waals surface area contributed by atoms with Crippen molar-refractivity contribution in [1.82, 2.24) is 25.0 Å². The van der Waals surface area contributed by atoms with Gasteiger partial charge in [0.05, 0.1) is 6.54 Å². The van der Waals surface area contributed by atoms with E-state index in [2.05, 4.69) is 15.4 Å². The summed E-state index contributed by atoms with van der Waals surface area (Å²) >= 11 is 0. The molecule has 8 nitrogen and oxygen atoms in total. The molecule has 0 radical (unpaired) electrons. The fraction of sp³-hybridized carbons (Fsp3) is 0.545. The molecule has 8 heteroatoms. The van der Waals surface area contributed by atoms with Crippen LogP contribution in [0.25, 0.3) is 0 Å². The molecule has 19 heavy (non-hydrogen) atoms. The Morgan fingerprint density at radius 1 is 1.37 bits per heavy atom. The maximum Gasteiger partial charge on any atom is 0.331 e. The van der Waals surface area contributed by atoms with Gasteiger partial charge in [0.15, 0.2) is 5.82 Å². The SMILES string of the molecule is Cn1cnc(CN2C(=O)NC(=O)C3(CCC3)C2=O)n1. The first-order valence-corrected chi connectivity index (χ1v) is 6.05. The van der Waals surface area contributed by atoms with Gasteiger partial charge < -0.3 is 0 Å². The highest BCUT2D eigenvalue weighted by Gasteiger charge is 2.57. The fourth-order valence-electron chi connectivity index (χ4n) is 2.44. The number of barbiturate groups is 1. The zero-order valence-corrected chi connectivity index (χ0v) is 10.4. The van der Waals surface area contributed by atoms with Crippen LogP contribution in [0.2, 0.25) is 0 Å². The summed E-state index contributed by atoms with van der Waals surface area (Å²) in [6, 6.07) is -0.694. The van der Waals surface area contributed by atoms with E-state index in [4.69, 9.17) is 0 Å². The molecule has 0 aromatic carbocycles. The van der Waals surface area contributed by atoms with Crippen LogP contribution in [0.4, 0.5) is 4.79 Å². The van der Waals surface area contributed by atoms with Crippen LogP contribution >= 0.6 is 0 Å². The van der Waals surface area contributed by atoms with Crippen molar-refractivity contribution in [3.8, 4) is 0 Å². The Balaban J connectivity index is 1.85. The van der Waals surface area contributed by atoms with Crippen molar-refractivity contribution in [2.75, 3.05) is 0 Å². The quantitative estimate of drug-likeness (QED) is 0.730. The normalized spacial score (nSPS) is 21.5. The number of carbonyl (C=O) groups is 3. The molecule has 1 aliphatic carbocycles. The molecule has 1 aromatic heterocycles. The van der Waals surface area contributed by atoms with Crippen LogP contribution in [0.1, 0.15) is 25.1 Å². The molecule has 3 rings (SSSR count). The number of nitrogens with one attached hydrogen (secondary N) is 1. The fourth-order valence-corrected chi connectivity index (χ4v) is 2.44. The van der Waals surface area contributed by atoms with E-state index in [1.165, 1.54) is 11.0 Å². The van der Waals surface area contributed by atoms with Crippen molar-refractivity contribution in [3.63, 3.8) is 0 Å². The lowest BCUT2D eigenvalue weighted by molar-refractivity contribution is -0.158. The minimum atomic E-state index is -1.04. The van der Waals surface area contributed by atoms with Crippen molar-refractivity contribution in [3.05, 3.63) is 12.2 Å². The van der Waals surface area contributed by atoms with Crippen molar-refractivity contribution < 1.29 is 14.4 Å². The standard InChI is InChI=1S/C11H13N5O3/c1-15-6-12-7(14-15)5-16-9(18)11(3-2-4-11)8(17)13-10(16)19/h6H,2-5H2,1H3,(H,13,17,19). The topological polar surface area (TPSA) is 97.2 Å². The zero-order chi connectivity index (χ0) is 13.6. The van der Waals surface area contributed by atoms with E-state index >= 15 is 0 Å². The lowest BCUT2D eigenvalue weighted by atomic mass is 9.66. The first-order chi connectivity index (χ1) is 9.03. The van der Waals surface area contributed by atoms with Gasteiger partial charge in [0.2, 0.25) is 11.8 Å². The second kappa shape index (κ2) is 3.87. The lowest BCUT2D eigenvalue weighted by Gasteiger charge is -2.44. The van der Waals surface area contributed by atoms with E-state index in [9.17, 15) is 14.4 Å². The minimum absolute atomic E-state index is 0.0134. The van der Waals surface area contributed by atoms with Crippen molar-refractivity contribution in [2.45, 2.75) is 25.8 Å². The molecule has 4 amide bonds. The highest BCUT2D eigenvalue weighted by molar-refractivity contribution is 6.19. The Hall–Kier alpha value is -2.25. The molecule has 0 bridgehead atoms. The van der Waals surface area contributed by atoms with E-state index in [1.54, 1.807) is 7.05 Å². The molecule has 1 spiro atoms. The third-order valence-corrected chi connectivity index (χ3v) is 3.71. The molecule has 1 aliphatic heterocycles. The highest BCUT2D eigenvalue weighted by Crippen LogP contribution is 2.44. The number of hydrogen-bond acceptors (Lipinski definition) is 5. The summed E-state index contributed by atoms with van der Waals surface area (Å²) in [6.07, 6.45) is 3.31. The van der Waals surface area contributed by atoms with Crippen LogP contribution in [0.15, 0.2) is 6.33 Å². The van der Waals surface area contributed by atoms with E-state index in [0.29, 0.717) is 18.7 Å². The van der Waals surface area contributed by atoms with Crippen LogP contribution in [-0.4, -0.2) is 37.5 Å². The molecular weight excluding hydrogens is 250 g/mol. The maximum absolute atomic E-state index is 12.3. The second-order valence-electron chi connectivity index (χ2n) is 4.92.